The van der Waals surface area contributed by atoms with Gasteiger partial charge in [-0.3, -0.25) is 0 Å². The van der Waals surface area contributed by atoms with E-state index in [1.54, 1.807) is 0 Å². The summed E-state index contributed by atoms with van der Waals surface area (Å²) in [6.45, 7) is 5.77. The molecule has 0 fully saturated rings. The van der Waals surface area contributed by atoms with E-state index < -0.39 is 0 Å². The van der Waals surface area contributed by atoms with Crippen LogP contribution < -0.4 is 10.6 Å². The zero-order chi connectivity index (χ0) is 13.5. The smallest absolute Gasteiger partial charge is 0.319 e. The van der Waals surface area contributed by atoms with Crippen molar-refractivity contribution in [2.45, 2.75) is 19.8 Å². The monoisotopic (exact) mass is 249 g/mol. The fourth-order valence-electron chi connectivity index (χ4n) is 1.52. The van der Waals surface area contributed by atoms with Crippen molar-refractivity contribution >= 4 is 11.7 Å². The molecule has 0 bridgehead atoms. The SMILES string of the molecule is CC(C)c1ccc(NC(=O)NCCN(C)C)cc1. The van der Waals surface area contributed by atoms with E-state index in [2.05, 4.69) is 24.5 Å². The summed E-state index contributed by atoms with van der Waals surface area (Å²) in [6, 6.07) is 7.79. The minimum atomic E-state index is -0.158. The lowest BCUT2D eigenvalue weighted by molar-refractivity contribution is 0.250. The molecular formula is C14H23N3O. The Morgan fingerprint density at radius 2 is 1.83 bits per heavy atom. The molecule has 0 aromatic heterocycles. The topological polar surface area (TPSA) is 44.4 Å². The number of hydrogen-bond acceptors (Lipinski definition) is 2. The van der Waals surface area contributed by atoms with Gasteiger partial charge in [-0.15, -0.1) is 0 Å². The first-order valence-electron chi connectivity index (χ1n) is 6.28. The molecule has 0 spiro atoms. The number of likely N-dealkylation sites (N-methyl/N-ethyl adjacent to an activating group) is 1. The van der Waals surface area contributed by atoms with Gasteiger partial charge in [-0.25, -0.2) is 4.79 Å². The number of benzene rings is 1. The summed E-state index contributed by atoms with van der Waals surface area (Å²) in [4.78, 5) is 13.6. The number of carbonyl (C=O) groups is 1. The highest BCUT2D eigenvalue weighted by atomic mass is 16.2. The fraction of sp³-hybridized carbons (Fsp3) is 0.500. The Morgan fingerprint density at radius 3 is 2.33 bits per heavy atom. The van der Waals surface area contributed by atoms with Crippen LogP contribution in [0.1, 0.15) is 25.3 Å². The molecule has 18 heavy (non-hydrogen) atoms. The van der Waals surface area contributed by atoms with Gasteiger partial charge < -0.3 is 15.5 Å². The molecule has 2 N–H and O–H groups in total. The minimum absolute atomic E-state index is 0.158. The van der Waals surface area contributed by atoms with Crippen LogP contribution in [0.4, 0.5) is 10.5 Å². The molecule has 100 valence electrons. The zero-order valence-corrected chi connectivity index (χ0v) is 11.7. The molecule has 4 heteroatoms. The summed E-state index contributed by atoms with van der Waals surface area (Å²) in [5.74, 6) is 0.507. The van der Waals surface area contributed by atoms with Crippen LogP contribution >= 0.6 is 0 Å². The third kappa shape index (κ3) is 5.19. The second kappa shape index (κ2) is 7.01. The van der Waals surface area contributed by atoms with Crippen molar-refractivity contribution in [3.05, 3.63) is 29.8 Å². The molecule has 0 saturated heterocycles. The lowest BCUT2D eigenvalue weighted by Crippen LogP contribution is -2.34. The van der Waals surface area contributed by atoms with Crippen molar-refractivity contribution in [2.75, 3.05) is 32.5 Å². The van der Waals surface area contributed by atoms with Gasteiger partial charge in [-0.05, 0) is 37.7 Å². The molecule has 1 aromatic carbocycles. The summed E-state index contributed by atoms with van der Waals surface area (Å²) < 4.78 is 0. The van der Waals surface area contributed by atoms with Gasteiger partial charge in [0.15, 0.2) is 0 Å². The van der Waals surface area contributed by atoms with Crippen molar-refractivity contribution in [3.63, 3.8) is 0 Å². The number of anilines is 1. The molecule has 0 saturated carbocycles. The van der Waals surface area contributed by atoms with E-state index >= 15 is 0 Å². The molecule has 0 aliphatic carbocycles. The maximum Gasteiger partial charge on any atom is 0.319 e. The van der Waals surface area contributed by atoms with E-state index in [0.717, 1.165) is 12.2 Å². The largest absolute Gasteiger partial charge is 0.337 e. The van der Waals surface area contributed by atoms with Crippen molar-refractivity contribution in [1.29, 1.82) is 0 Å². The Labute approximate surface area is 109 Å². The van der Waals surface area contributed by atoms with Crippen LogP contribution in [0.5, 0.6) is 0 Å². The zero-order valence-electron chi connectivity index (χ0n) is 11.7. The maximum atomic E-state index is 11.6. The van der Waals surface area contributed by atoms with Crippen LogP contribution in [-0.2, 0) is 0 Å². The highest BCUT2D eigenvalue weighted by molar-refractivity contribution is 5.89. The van der Waals surface area contributed by atoms with Crippen LogP contribution in [0.2, 0.25) is 0 Å². The van der Waals surface area contributed by atoms with Crippen LogP contribution in [0.25, 0.3) is 0 Å². The number of rotatable bonds is 5. The summed E-state index contributed by atoms with van der Waals surface area (Å²) in [7, 11) is 3.95. The van der Waals surface area contributed by atoms with E-state index in [-0.39, 0.29) is 6.03 Å². The molecule has 0 aliphatic rings. The van der Waals surface area contributed by atoms with Gasteiger partial charge in [0.05, 0.1) is 0 Å². The number of nitrogens with one attached hydrogen (secondary N) is 2. The molecular weight excluding hydrogens is 226 g/mol. The van der Waals surface area contributed by atoms with E-state index in [1.807, 2.05) is 43.3 Å². The fourth-order valence-corrected chi connectivity index (χ4v) is 1.52. The third-order valence-corrected chi connectivity index (χ3v) is 2.68. The Balaban J connectivity index is 2.40. The standard InChI is InChI=1S/C14H23N3O/c1-11(2)12-5-7-13(8-6-12)16-14(18)15-9-10-17(3)4/h5-8,11H,9-10H2,1-4H3,(H2,15,16,18). The van der Waals surface area contributed by atoms with Crippen molar-refractivity contribution < 1.29 is 4.79 Å². The van der Waals surface area contributed by atoms with Gasteiger partial charge in [-0.2, -0.15) is 0 Å². The second-order valence-electron chi connectivity index (χ2n) is 4.96. The van der Waals surface area contributed by atoms with Gasteiger partial charge in [0.1, 0.15) is 0 Å². The Hall–Kier alpha value is -1.55. The summed E-state index contributed by atoms with van der Waals surface area (Å²) >= 11 is 0. The minimum Gasteiger partial charge on any atom is -0.337 e. The average molecular weight is 249 g/mol. The number of hydrogen-bond donors (Lipinski definition) is 2. The molecule has 0 heterocycles. The summed E-state index contributed by atoms with van der Waals surface area (Å²) in [6.07, 6.45) is 0. The molecule has 2 amide bonds. The predicted molar refractivity (Wildman–Crippen MR) is 76.1 cm³/mol. The molecule has 0 unspecified atom stereocenters. The number of nitrogens with zero attached hydrogens (tertiary/aromatic N) is 1. The molecule has 1 rings (SSSR count). The normalized spacial score (nSPS) is 10.8. The third-order valence-electron chi connectivity index (χ3n) is 2.68. The second-order valence-corrected chi connectivity index (χ2v) is 4.96. The van der Waals surface area contributed by atoms with Crippen LogP contribution in [0.15, 0.2) is 24.3 Å². The summed E-state index contributed by atoms with van der Waals surface area (Å²) in [5, 5.41) is 5.62. The van der Waals surface area contributed by atoms with Gasteiger partial charge in [0.25, 0.3) is 0 Å². The average Bonchev–Trinajstić information content (AvgIpc) is 2.29. The van der Waals surface area contributed by atoms with E-state index in [9.17, 15) is 4.79 Å². The van der Waals surface area contributed by atoms with Crippen LogP contribution in [-0.4, -0.2) is 38.1 Å². The molecule has 0 aliphatic heterocycles. The van der Waals surface area contributed by atoms with Gasteiger partial charge in [0.2, 0.25) is 0 Å². The van der Waals surface area contributed by atoms with Gasteiger partial charge >= 0.3 is 6.03 Å². The Bertz CT molecular complexity index is 371. The number of carbonyl (C=O) groups excluding carboxylic acids is 1. The van der Waals surface area contributed by atoms with Gasteiger partial charge in [0, 0.05) is 18.8 Å². The van der Waals surface area contributed by atoms with Crippen molar-refractivity contribution in [1.82, 2.24) is 10.2 Å². The Morgan fingerprint density at radius 1 is 1.22 bits per heavy atom. The Kier molecular flexibility index (Phi) is 5.65. The molecule has 0 radical (unpaired) electrons. The molecule has 1 aromatic rings. The van der Waals surface area contributed by atoms with Crippen molar-refractivity contribution in [3.8, 4) is 0 Å². The summed E-state index contributed by atoms with van der Waals surface area (Å²) in [5.41, 5.74) is 2.09. The lowest BCUT2D eigenvalue weighted by Gasteiger charge is -2.12. The van der Waals surface area contributed by atoms with Crippen molar-refractivity contribution in [2.24, 2.45) is 0 Å². The number of amides is 2. The first kappa shape index (κ1) is 14.5. The lowest BCUT2D eigenvalue weighted by atomic mass is 10.0. The van der Waals surface area contributed by atoms with E-state index in [4.69, 9.17) is 0 Å². The van der Waals surface area contributed by atoms with Crippen LogP contribution in [0, 0.1) is 0 Å². The predicted octanol–water partition coefficient (Wildman–Crippen LogP) is 2.49. The van der Waals surface area contributed by atoms with E-state index in [1.165, 1.54) is 5.56 Å². The molecule has 0 atom stereocenters. The maximum absolute atomic E-state index is 11.6. The number of urea groups is 1. The highest BCUT2D eigenvalue weighted by Gasteiger charge is 2.02. The van der Waals surface area contributed by atoms with Crippen LogP contribution in [0.3, 0.4) is 0 Å². The quantitative estimate of drug-likeness (QED) is 0.842. The first-order valence-corrected chi connectivity index (χ1v) is 6.28. The highest BCUT2D eigenvalue weighted by Crippen LogP contribution is 2.16. The van der Waals surface area contributed by atoms with Gasteiger partial charge in [-0.1, -0.05) is 26.0 Å². The first-order chi connectivity index (χ1) is 8.49. The molecule has 4 nitrogen and oxygen atoms in total. The van der Waals surface area contributed by atoms with E-state index in [0.29, 0.717) is 12.5 Å².